The number of sulfonamides is 1. The van der Waals surface area contributed by atoms with Gasteiger partial charge in [0.25, 0.3) is 0 Å². The van der Waals surface area contributed by atoms with Crippen molar-refractivity contribution >= 4 is 10.0 Å². The largest absolute Gasteiger partial charge is 0.262 e. The first kappa shape index (κ1) is 17.9. The predicted molar refractivity (Wildman–Crippen MR) is 101 cm³/mol. The van der Waals surface area contributed by atoms with E-state index in [1.807, 2.05) is 36.7 Å². The van der Waals surface area contributed by atoms with Crippen molar-refractivity contribution in [3.8, 4) is 11.3 Å². The monoisotopic (exact) mass is 385 g/mol. The average molecular weight is 385 g/mol. The van der Waals surface area contributed by atoms with E-state index in [2.05, 4.69) is 5.10 Å². The van der Waals surface area contributed by atoms with Crippen LogP contribution >= 0.6 is 0 Å². The van der Waals surface area contributed by atoms with E-state index in [9.17, 15) is 12.8 Å². The van der Waals surface area contributed by atoms with Gasteiger partial charge >= 0.3 is 0 Å². The van der Waals surface area contributed by atoms with Gasteiger partial charge in [0, 0.05) is 18.2 Å². The fourth-order valence-electron chi connectivity index (χ4n) is 3.37. The first-order valence-electron chi connectivity index (χ1n) is 8.78. The summed E-state index contributed by atoms with van der Waals surface area (Å²) in [6.45, 7) is 4.56. The molecule has 0 unspecified atom stereocenters. The zero-order valence-electron chi connectivity index (χ0n) is 15.1. The maximum absolute atomic E-state index is 13.3. The number of hydrogen-bond donors (Lipinski definition) is 0. The third-order valence-corrected chi connectivity index (χ3v) is 6.58. The minimum atomic E-state index is -3.50. The van der Waals surface area contributed by atoms with Gasteiger partial charge in [-0.15, -0.1) is 0 Å². The summed E-state index contributed by atoms with van der Waals surface area (Å²) in [6, 6.07) is 15.3. The Hall–Kier alpha value is -2.51. The van der Waals surface area contributed by atoms with E-state index >= 15 is 0 Å². The van der Waals surface area contributed by atoms with Crippen molar-refractivity contribution in [2.24, 2.45) is 0 Å². The number of hydrogen-bond acceptors (Lipinski definition) is 3. The first-order chi connectivity index (χ1) is 12.9. The Bertz CT molecular complexity index is 1090. The van der Waals surface area contributed by atoms with Gasteiger partial charge in [0.1, 0.15) is 5.82 Å². The van der Waals surface area contributed by atoms with E-state index in [1.54, 1.807) is 24.3 Å². The smallest absolute Gasteiger partial charge is 0.244 e. The summed E-state index contributed by atoms with van der Waals surface area (Å²) in [6.07, 6.45) is 0. The van der Waals surface area contributed by atoms with Crippen molar-refractivity contribution in [1.29, 1.82) is 0 Å². The van der Waals surface area contributed by atoms with E-state index in [-0.39, 0.29) is 18.4 Å². The van der Waals surface area contributed by atoms with Crippen molar-refractivity contribution in [3.05, 3.63) is 71.7 Å². The van der Waals surface area contributed by atoms with Gasteiger partial charge in [-0.25, -0.2) is 12.8 Å². The molecule has 0 spiro atoms. The third-order valence-electron chi connectivity index (χ3n) is 4.69. The molecule has 2 heterocycles. The molecule has 1 aromatic heterocycles. The normalized spacial score (nSPS) is 16.0. The van der Waals surface area contributed by atoms with Crippen LogP contribution in [-0.4, -0.2) is 22.5 Å². The topological polar surface area (TPSA) is 55.2 Å². The van der Waals surface area contributed by atoms with Gasteiger partial charge in [0.15, 0.2) is 0 Å². The molecule has 0 aliphatic carbocycles. The summed E-state index contributed by atoms with van der Waals surface area (Å²) in [4.78, 5) is 0.368. The van der Waals surface area contributed by atoms with Crippen molar-refractivity contribution in [2.75, 3.05) is 0 Å². The van der Waals surface area contributed by atoms with Crippen LogP contribution in [0.5, 0.6) is 0 Å². The van der Waals surface area contributed by atoms with E-state index in [0.29, 0.717) is 17.1 Å². The van der Waals surface area contributed by atoms with Crippen LogP contribution in [0.4, 0.5) is 4.39 Å². The number of nitrogens with zero attached hydrogens (tertiary/aromatic N) is 3. The van der Waals surface area contributed by atoms with E-state index in [1.165, 1.54) is 16.4 Å². The second kappa shape index (κ2) is 6.58. The molecule has 3 aromatic rings. The minimum Gasteiger partial charge on any atom is -0.262 e. The van der Waals surface area contributed by atoms with Gasteiger partial charge in [0.2, 0.25) is 10.0 Å². The Labute approximate surface area is 158 Å². The second-order valence-corrected chi connectivity index (χ2v) is 8.85. The van der Waals surface area contributed by atoms with Crippen molar-refractivity contribution in [3.63, 3.8) is 0 Å². The number of rotatable bonds is 4. The summed E-state index contributed by atoms with van der Waals surface area (Å²) in [7, 11) is -3.50. The highest BCUT2D eigenvalue weighted by molar-refractivity contribution is 7.89. The molecule has 0 fully saturated rings. The van der Waals surface area contributed by atoms with Crippen molar-refractivity contribution < 1.29 is 12.8 Å². The fourth-order valence-corrected chi connectivity index (χ4v) is 4.98. The molecule has 0 atom stereocenters. The molecule has 0 bridgehead atoms. The summed E-state index contributed by atoms with van der Waals surface area (Å²) >= 11 is 0. The lowest BCUT2D eigenvalue weighted by molar-refractivity contribution is 0.410. The lowest BCUT2D eigenvalue weighted by atomic mass is 10.1. The van der Waals surface area contributed by atoms with Crippen LogP contribution in [0.3, 0.4) is 0 Å². The Kier molecular flexibility index (Phi) is 4.36. The van der Waals surface area contributed by atoms with Gasteiger partial charge in [-0.05, 0) is 55.8 Å². The first-order valence-corrected chi connectivity index (χ1v) is 10.2. The lowest BCUT2D eigenvalue weighted by Gasteiger charge is -2.13. The minimum absolute atomic E-state index is 0.0891. The Balaban J connectivity index is 1.68. The molecule has 0 radical (unpaired) electrons. The molecular formula is C20H20FN3O2S. The van der Waals surface area contributed by atoms with Gasteiger partial charge < -0.3 is 0 Å². The van der Waals surface area contributed by atoms with Crippen LogP contribution in [0.25, 0.3) is 11.3 Å². The lowest BCUT2D eigenvalue weighted by Crippen LogP contribution is -2.24. The summed E-state index contributed by atoms with van der Waals surface area (Å²) in [5, 5.41) is 4.62. The van der Waals surface area contributed by atoms with Crippen LogP contribution in [0.1, 0.15) is 31.1 Å². The van der Waals surface area contributed by atoms with Gasteiger partial charge in [-0.2, -0.15) is 9.40 Å². The van der Waals surface area contributed by atoms with E-state index in [0.717, 1.165) is 16.8 Å². The Morgan fingerprint density at radius 2 is 1.81 bits per heavy atom. The molecule has 0 amide bonds. The molecule has 140 valence electrons. The highest BCUT2D eigenvalue weighted by Crippen LogP contribution is 2.32. The zero-order chi connectivity index (χ0) is 19.2. The molecule has 7 heteroatoms. The number of fused-ring (bicyclic) bond motifs is 1. The summed E-state index contributed by atoms with van der Waals surface area (Å²) in [5.41, 5.74) is 3.16. The maximum atomic E-state index is 13.3. The maximum Gasteiger partial charge on any atom is 0.244 e. The molecule has 2 aromatic carbocycles. The number of halogens is 1. The molecule has 1 aliphatic heterocycles. The predicted octanol–water partition coefficient (Wildman–Crippen LogP) is 3.97. The van der Waals surface area contributed by atoms with Crippen LogP contribution < -0.4 is 0 Å². The van der Waals surface area contributed by atoms with Crippen molar-refractivity contribution in [1.82, 2.24) is 14.1 Å². The van der Waals surface area contributed by atoms with Crippen LogP contribution in [0.15, 0.2) is 59.5 Å². The zero-order valence-corrected chi connectivity index (χ0v) is 15.9. The molecule has 27 heavy (non-hydrogen) atoms. The van der Waals surface area contributed by atoms with Crippen LogP contribution in [-0.2, 0) is 23.1 Å². The Morgan fingerprint density at radius 1 is 1.11 bits per heavy atom. The number of aromatic nitrogens is 2. The quantitative estimate of drug-likeness (QED) is 0.683. The molecule has 0 saturated heterocycles. The molecule has 1 aliphatic rings. The SMILES string of the molecule is CC(C)n1nc(CN2Cc3ccccc3S2(=O)=O)cc1-c1ccc(F)cc1. The van der Waals surface area contributed by atoms with E-state index in [4.69, 9.17) is 0 Å². The molecule has 0 saturated carbocycles. The molecule has 0 N–H and O–H groups in total. The van der Waals surface area contributed by atoms with Gasteiger partial charge in [-0.1, -0.05) is 18.2 Å². The van der Waals surface area contributed by atoms with Crippen LogP contribution in [0, 0.1) is 5.82 Å². The standard InChI is InChI=1S/C20H20FN3O2S/c1-14(2)24-19(15-7-9-17(21)10-8-15)11-18(22-24)13-23-12-16-5-3-4-6-20(16)27(23,25)26/h3-11,14H,12-13H2,1-2H3. The molecule has 5 nitrogen and oxygen atoms in total. The van der Waals surface area contributed by atoms with Crippen LogP contribution in [0.2, 0.25) is 0 Å². The van der Waals surface area contributed by atoms with Gasteiger partial charge in [0.05, 0.1) is 22.8 Å². The number of benzene rings is 2. The fraction of sp³-hybridized carbons (Fsp3) is 0.250. The summed E-state index contributed by atoms with van der Waals surface area (Å²) < 4.78 is 42.1. The highest BCUT2D eigenvalue weighted by Gasteiger charge is 2.34. The van der Waals surface area contributed by atoms with Gasteiger partial charge in [-0.3, -0.25) is 4.68 Å². The second-order valence-electron chi connectivity index (χ2n) is 6.95. The Morgan fingerprint density at radius 3 is 2.48 bits per heavy atom. The average Bonchev–Trinajstić information content (AvgIpc) is 3.16. The molecular weight excluding hydrogens is 365 g/mol. The van der Waals surface area contributed by atoms with E-state index < -0.39 is 10.0 Å². The highest BCUT2D eigenvalue weighted by atomic mass is 32.2. The van der Waals surface area contributed by atoms with Crippen molar-refractivity contribution in [2.45, 2.75) is 37.9 Å². The summed E-state index contributed by atoms with van der Waals surface area (Å²) in [5.74, 6) is -0.296. The third kappa shape index (κ3) is 3.17. The molecule has 4 rings (SSSR count).